The minimum absolute atomic E-state index is 0.0573. The highest BCUT2D eigenvalue weighted by Gasteiger charge is 2.28. The largest absolute Gasteiger partial charge is 0.481 e. The molecule has 1 fully saturated rings. The van der Waals surface area contributed by atoms with Crippen molar-refractivity contribution in [3.63, 3.8) is 0 Å². The van der Waals surface area contributed by atoms with Crippen molar-refractivity contribution in [2.75, 3.05) is 33.3 Å². The summed E-state index contributed by atoms with van der Waals surface area (Å²) in [7, 11) is 1.36. The lowest BCUT2D eigenvalue weighted by Gasteiger charge is -2.35. The summed E-state index contributed by atoms with van der Waals surface area (Å²) < 4.78 is 10.6. The molecule has 1 aromatic carbocycles. The Morgan fingerprint density at radius 1 is 1.00 bits per heavy atom. The van der Waals surface area contributed by atoms with Gasteiger partial charge in [0.25, 0.3) is 5.91 Å². The lowest BCUT2D eigenvalue weighted by atomic mass is 10.0. The van der Waals surface area contributed by atoms with Crippen molar-refractivity contribution in [2.24, 2.45) is 0 Å². The summed E-state index contributed by atoms with van der Waals surface area (Å²) in [5.41, 5.74) is 1.09. The number of piperazine rings is 1. The van der Waals surface area contributed by atoms with E-state index in [0.717, 1.165) is 11.3 Å². The lowest BCUT2D eigenvalue weighted by molar-refractivity contribution is -0.139. The number of amides is 2. The fraction of sp³-hybridized carbons (Fsp3) is 0.556. The lowest BCUT2D eigenvalue weighted by Crippen LogP contribution is -2.53. The zero-order valence-corrected chi connectivity index (χ0v) is 14.8. The minimum Gasteiger partial charge on any atom is -0.481 e. The van der Waals surface area contributed by atoms with Gasteiger partial charge in [-0.15, -0.1) is 0 Å². The van der Waals surface area contributed by atoms with Crippen LogP contribution in [-0.4, -0.2) is 61.2 Å². The molecule has 0 spiro atoms. The van der Waals surface area contributed by atoms with Crippen molar-refractivity contribution in [3.8, 4) is 5.75 Å². The van der Waals surface area contributed by atoms with Gasteiger partial charge < -0.3 is 19.3 Å². The molecule has 0 aromatic heterocycles. The molecule has 24 heavy (non-hydrogen) atoms. The molecule has 1 aliphatic rings. The van der Waals surface area contributed by atoms with Crippen LogP contribution >= 0.6 is 0 Å². The number of hydrogen-bond acceptors (Lipinski definition) is 4. The maximum Gasteiger partial charge on any atom is 0.409 e. The van der Waals surface area contributed by atoms with Gasteiger partial charge in [0, 0.05) is 26.2 Å². The average Bonchev–Trinajstić information content (AvgIpc) is 2.60. The number of benzene rings is 1. The van der Waals surface area contributed by atoms with Gasteiger partial charge in [-0.2, -0.15) is 0 Å². The molecule has 2 amide bonds. The van der Waals surface area contributed by atoms with Gasteiger partial charge in [-0.25, -0.2) is 4.79 Å². The van der Waals surface area contributed by atoms with Crippen LogP contribution in [0.4, 0.5) is 4.79 Å². The fourth-order valence-corrected chi connectivity index (χ4v) is 2.80. The van der Waals surface area contributed by atoms with E-state index in [4.69, 9.17) is 9.47 Å². The van der Waals surface area contributed by atoms with E-state index in [1.165, 1.54) is 7.11 Å². The number of carbonyl (C=O) groups excluding carboxylic acids is 2. The molecule has 1 unspecified atom stereocenters. The summed E-state index contributed by atoms with van der Waals surface area (Å²) in [6, 6.07) is 7.80. The van der Waals surface area contributed by atoms with Gasteiger partial charge in [-0.05, 0) is 24.5 Å². The van der Waals surface area contributed by atoms with Crippen molar-refractivity contribution in [3.05, 3.63) is 29.8 Å². The van der Waals surface area contributed by atoms with Crippen LogP contribution in [0.2, 0.25) is 0 Å². The molecule has 6 heteroatoms. The van der Waals surface area contributed by atoms with Crippen LogP contribution in [0.3, 0.4) is 0 Å². The van der Waals surface area contributed by atoms with Gasteiger partial charge >= 0.3 is 6.09 Å². The number of carbonyl (C=O) groups is 2. The van der Waals surface area contributed by atoms with Crippen LogP contribution < -0.4 is 4.74 Å². The van der Waals surface area contributed by atoms with E-state index in [-0.39, 0.29) is 12.0 Å². The van der Waals surface area contributed by atoms with E-state index in [1.54, 1.807) is 16.7 Å². The Bertz CT molecular complexity index is 580. The standard InChI is InChI=1S/C18H26N2O4/c1-13(2)15-7-5-6-8-16(15)24-14(3)17(21)19-9-11-20(12-10-19)18(22)23-4/h5-8,13-14H,9-12H2,1-4H3. The SMILES string of the molecule is COC(=O)N1CCN(C(=O)C(C)Oc2ccccc2C(C)C)CC1. The number of hydrogen-bond donors (Lipinski definition) is 0. The van der Waals surface area contributed by atoms with Crippen LogP contribution in [0.5, 0.6) is 5.75 Å². The van der Waals surface area contributed by atoms with E-state index in [2.05, 4.69) is 13.8 Å². The Labute approximate surface area is 143 Å². The summed E-state index contributed by atoms with van der Waals surface area (Å²) in [5, 5.41) is 0. The van der Waals surface area contributed by atoms with E-state index in [9.17, 15) is 9.59 Å². The number of ether oxygens (including phenoxy) is 2. The van der Waals surface area contributed by atoms with E-state index in [0.29, 0.717) is 32.1 Å². The molecule has 0 N–H and O–H groups in total. The first-order valence-electron chi connectivity index (χ1n) is 8.31. The maximum atomic E-state index is 12.6. The molecule has 1 atom stereocenters. The molecule has 1 aromatic rings. The Balaban J connectivity index is 1.95. The molecule has 1 saturated heterocycles. The third-order valence-electron chi connectivity index (χ3n) is 4.22. The number of para-hydroxylation sites is 1. The molecule has 0 radical (unpaired) electrons. The van der Waals surface area contributed by atoms with E-state index in [1.807, 2.05) is 24.3 Å². The quantitative estimate of drug-likeness (QED) is 0.849. The minimum atomic E-state index is -0.561. The van der Waals surface area contributed by atoms with Gasteiger partial charge in [0.05, 0.1) is 7.11 Å². The third-order valence-corrected chi connectivity index (χ3v) is 4.22. The summed E-state index contributed by atoms with van der Waals surface area (Å²) in [5.74, 6) is 1.02. The maximum absolute atomic E-state index is 12.6. The fourth-order valence-electron chi connectivity index (χ4n) is 2.80. The van der Waals surface area contributed by atoms with Crippen molar-refractivity contribution in [1.82, 2.24) is 9.80 Å². The van der Waals surface area contributed by atoms with Gasteiger partial charge in [-0.1, -0.05) is 32.0 Å². The molecular formula is C18H26N2O4. The predicted molar refractivity (Wildman–Crippen MR) is 91.2 cm³/mol. The summed E-state index contributed by atoms with van der Waals surface area (Å²) in [6.07, 6.45) is -0.910. The Morgan fingerprint density at radius 3 is 2.17 bits per heavy atom. The van der Waals surface area contributed by atoms with Crippen molar-refractivity contribution in [1.29, 1.82) is 0 Å². The van der Waals surface area contributed by atoms with Gasteiger partial charge in [0.15, 0.2) is 6.10 Å². The van der Waals surface area contributed by atoms with Gasteiger partial charge in [-0.3, -0.25) is 4.79 Å². The highest BCUT2D eigenvalue weighted by molar-refractivity contribution is 5.81. The Morgan fingerprint density at radius 2 is 1.58 bits per heavy atom. The third kappa shape index (κ3) is 4.19. The average molecular weight is 334 g/mol. The van der Waals surface area contributed by atoms with Crippen LogP contribution in [0.15, 0.2) is 24.3 Å². The van der Waals surface area contributed by atoms with Crippen molar-refractivity contribution >= 4 is 12.0 Å². The number of nitrogens with zero attached hydrogens (tertiary/aromatic N) is 2. The van der Waals surface area contributed by atoms with Gasteiger partial charge in [0.1, 0.15) is 5.75 Å². The topological polar surface area (TPSA) is 59.1 Å². The monoisotopic (exact) mass is 334 g/mol. The first-order valence-corrected chi connectivity index (χ1v) is 8.31. The smallest absolute Gasteiger partial charge is 0.409 e. The Kier molecular flexibility index (Phi) is 6.06. The first kappa shape index (κ1) is 18.1. The van der Waals surface area contributed by atoms with E-state index < -0.39 is 6.10 Å². The first-order chi connectivity index (χ1) is 11.4. The summed E-state index contributed by atoms with van der Waals surface area (Å²) in [6.45, 7) is 7.91. The highest BCUT2D eigenvalue weighted by Crippen LogP contribution is 2.27. The van der Waals surface area contributed by atoms with Gasteiger partial charge in [0.2, 0.25) is 0 Å². The molecule has 132 valence electrons. The predicted octanol–water partition coefficient (Wildman–Crippen LogP) is 2.49. The van der Waals surface area contributed by atoms with Crippen LogP contribution in [0, 0.1) is 0 Å². The second-order valence-electron chi connectivity index (χ2n) is 6.23. The van der Waals surface area contributed by atoms with Crippen LogP contribution in [0.25, 0.3) is 0 Å². The second-order valence-corrected chi connectivity index (χ2v) is 6.23. The molecule has 1 heterocycles. The van der Waals surface area contributed by atoms with Crippen LogP contribution in [-0.2, 0) is 9.53 Å². The second kappa shape index (κ2) is 8.04. The molecular weight excluding hydrogens is 308 g/mol. The number of methoxy groups -OCH3 is 1. The van der Waals surface area contributed by atoms with Crippen molar-refractivity contribution in [2.45, 2.75) is 32.8 Å². The molecule has 0 saturated carbocycles. The summed E-state index contributed by atoms with van der Waals surface area (Å²) in [4.78, 5) is 27.4. The molecule has 0 aliphatic carbocycles. The molecule has 6 nitrogen and oxygen atoms in total. The summed E-state index contributed by atoms with van der Waals surface area (Å²) >= 11 is 0. The zero-order chi connectivity index (χ0) is 17.7. The molecule has 1 aliphatic heterocycles. The van der Waals surface area contributed by atoms with Crippen molar-refractivity contribution < 1.29 is 19.1 Å². The number of rotatable bonds is 4. The van der Waals surface area contributed by atoms with E-state index >= 15 is 0 Å². The Hall–Kier alpha value is -2.24. The normalized spacial score (nSPS) is 16.0. The molecule has 2 rings (SSSR count). The molecule has 0 bridgehead atoms. The highest BCUT2D eigenvalue weighted by atomic mass is 16.5. The van der Waals surface area contributed by atoms with Crippen LogP contribution in [0.1, 0.15) is 32.3 Å². The zero-order valence-electron chi connectivity index (χ0n) is 14.8.